The highest BCUT2D eigenvalue weighted by molar-refractivity contribution is 5.77. The number of nitrogens with one attached hydrogen (secondary N) is 1. The van der Waals surface area contributed by atoms with Gasteiger partial charge in [-0.3, -0.25) is 4.79 Å². The van der Waals surface area contributed by atoms with Gasteiger partial charge in [0, 0.05) is 31.2 Å². The zero-order chi connectivity index (χ0) is 15.1. The second-order valence-electron chi connectivity index (χ2n) is 5.27. The van der Waals surface area contributed by atoms with Crippen molar-refractivity contribution >= 4 is 5.91 Å². The van der Waals surface area contributed by atoms with Gasteiger partial charge in [-0.2, -0.15) is 0 Å². The van der Waals surface area contributed by atoms with Crippen molar-refractivity contribution in [1.82, 2.24) is 5.32 Å². The molecule has 1 aliphatic heterocycles. The van der Waals surface area contributed by atoms with E-state index in [4.69, 9.17) is 15.2 Å². The van der Waals surface area contributed by atoms with E-state index in [1.54, 1.807) is 0 Å². The first-order valence-electron chi connectivity index (χ1n) is 7.53. The molecule has 5 nitrogen and oxygen atoms in total. The van der Waals surface area contributed by atoms with Crippen molar-refractivity contribution in [3.63, 3.8) is 0 Å². The predicted molar refractivity (Wildman–Crippen MR) is 81.0 cm³/mol. The zero-order valence-corrected chi connectivity index (χ0v) is 12.5. The van der Waals surface area contributed by atoms with Crippen LogP contribution in [0, 0.1) is 5.92 Å². The average molecular weight is 292 g/mol. The van der Waals surface area contributed by atoms with Crippen LogP contribution in [0.15, 0.2) is 24.3 Å². The molecule has 1 aliphatic rings. The molecule has 2 atom stereocenters. The second-order valence-corrected chi connectivity index (χ2v) is 5.27. The molecular weight excluding hydrogens is 268 g/mol. The van der Waals surface area contributed by atoms with Crippen LogP contribution in [0.2, 0.25) is 0 Å². The molecule has 116 valence electrons. The number of carbonyl (C=O) groups is 1. The van der Waals surface area contributed by atoms with E-state index in [-0.39, 0.29) is 18.6 Å². The summed E-state index contributed by atoms with van der Waals surface area (Å²) in [4.78, 5) is 11.9. The van der Waals surface area contributed by atoms with E-state index in [0.29, 0.717) is 24.8 Å². The minimum Gasteiger partial charge on any atom is -0.483 e. The molecule has 0 radical (unpaired) electrons. The van der Waals surface area contributed by atoms with Crippen LogP contribution in [-0.4, -0.2) is 31.8 Å². The van der Waals surface area contributed by atoms with E-state index in [2.05, 4.69) is 12.2 Å². The minimum atomic E-state index is -0.108. The van der Waals surface area contributed by atoms with Crippen LogP contribution >= 0.6 is 0 Å². The highest BCUT2D eigenvalue weighted by Crippen LogP contribution is 2.22. The molecule has 2 rings (SSSR count). The van der Waals surface area contributed by atoms with Crippen molar-refractivity contribution in [3.05, 3.63) is 29.8 Å². The molecular formula is C16H24N2O3. The van der Waals surface area contributed by atoms with E-state index in [0.717, 1.165) is 25.0 Å². The first kappa shape index (κ1) is 15.8. The van der Waals surface area contributed by atoms with Crippen LogP contribution in [0.25, 0.3) is 0 Å². The number of benzene rings is 1. The maximum absolute atomic E-state index is 11.9. The van der Waals surface area contributed by atoms with Gasteiger partial charge in [-0.05, 0) is 18.9 Å². The summed E-state index contributed by atoms with van der Waals surface area (Å²) in [6.45, 7) is 3.97. The van der Waals surface area contributed by atoms with Crippen LogP contribution in [-0.2, 0) is 16.1 Å². The van der Waals surface area contributed by atoms with Crippen molar-refractivity contribution in [2.24, 2.45) is 11.7 Å². The topological polar surface area (TPSA) is 73.6 Å². The number of carbonyl (C=O) groups excluding carboxylic acids is 1. The zero-order valence-electron chi connectivity index (χ0n) is 12.5. The fraction of sp³-hybridized carbons (Fsp3) is 0.562. The van der Waals surface area contributed by atoms with Crippen LogP contribution in [0.3, 0.4) is 0 Å². The number of hydrogen-bond donors (Lipinski definition) is 2. The third-order valence-corrected chi connectivity index (χ3v) is 3.86. The molecule has 0 aromatic heterocycles. The number of nitrogens with two attached hydrogens (primary N) is 1. The Labute approximate surface area is 125 Å². The van der Waals surface area contributed by atoms with Crippen LogP contribution < -0.4 is 15.8 Å². The van der Waals surface area contributed by atoms with Gasteiger partial charge < -0.3 is 20.5 Å². The van der Waals surface area contributed by atoms with Gasteiger partial charge in [0.2, 0.25) is 0 Å². The Kier molecular flexibility index (Phi) is 6.02. The number of rotatable bonds is 7. The Morgan fingerprint density at radius 3 is 3.05 bits per heavy atom. The summed E-state index contributed by atoms with van der Waals surface area (Å²) in [5, 5.41) is 2.92. The molecule has 1 aromatic carbocycles. The molecule has 0 bridgehead atoms. The summed E-state index contributed by atoms with van der Waals surface area (Å²) in [6.07, 6.45) is 2.26. The van der Waals surface area contributed by atoms with Crippen molar-refractivity contribution in [3.8, 4) is 5.75 Å². The first-order valence-corrected chi connectivity index (χ1v) is 7.53. The molecule has 1 saturated heterocycles. The van der Waals surface area contributed by atoms with E-state index >= 15 is 0 Å². The summed E-state index contributed by atoms with van der Waals surface area (Å²) < 4.78 is 11.1. The number of ether oxygens (including phenoxy) is 2. The Morgan fingerprint density at radius 1 is 1.48 bits per heavy atom. The summed E-state index contributed by atoms with van der Waals surface area (Å²) in [5.41, 5.74) is 6.54. The van der Waals surface area contributed by atoms with Gasteiger partial charge in [0.25, 0.3) is 5.91 Å². The van der Waals surface area contributed by atoms with Crippen LogP contribution in [0.5, 0.6) is 5.75 Å². The van der Waals surface area contributed by atoms with Crippen molar-refractivity contribution in [2.45, 2.75) is 32.4 Å². The molecule has 21 heavy (non-hydrogen) atoms. The lowest BCUT2D eigenvalue weighted by Crippen LogP contribution is -2.35. The maximum Gasteiger partial charge on any atom is 0.257 e. The van der Waals surface area contributed by atoms with Gasteiger partial charge in [-0.25, -0.2) is 0 Å². The Balaban J connectivity index is 1.75. The van der Waals surface area contributed by atoms with Gasteiger partial charge in [-0.1, -0.05) is 25.1 Å². The fourth-order valence-electron chi connectivity index (χ4n) is 2.63. The molecule has 1 amide bonds. The van der Waals surface area contributed by atoms with Crippen LogP contribution in [0.4, 0.5) is 0 Å². The summed E-state index contributed by atoms with van der Waals surface area (Å²) in [6, 6.07) is 7.50. The molecule has 5 heteroatoms. The highest BCUT2D eigenvalue weighted by atomic mass is 16.5. The minimum absolute atomic E-state index is 0.0153. The Bertz CT molecular complexity index is 465. The van der Waals surface area contributed by atoms with Crippen molar-refractivity contribution < 1.29 is 14.3 Å². The van der Waals surface area contributed by atoms with Crippen LogP contribution in [0.1, 0.15) is 25.3 Å². The number of amides is 1. The monoisotopic (exact) mass is 292 g/mol. The maximum atomic E-state index is 11.9. The smallest absolute Gasteiger partial charge is 0.257 e. The third kappa shape index (κ3) is 4.44. The molecule has 1 heterocycles. The summed E-state index contributed by atoms with van der Waals surface area (Å²) >= 11 is 0. The van der Waals surface area contributed by atoms with E-state index in [1.165, 1.54) is 0 Å². The molecule has 0 aliphatic carbocycles. The normalized spacial score (nSPS) is 21.2. The summed E-state index contributed by atoms with van der Waals surface area (Å²) in [5.74, 6) is 0.977. The van der Waals surface area contributed by atoms with Gasteiger partial charge in [-0.15, -0.1) is 0 Å². The predicted octanol–water partition coefficient (Wildman–Crippen LogP) is 1.46. The lowest BCUT2D eigenvalue weighted by atomic mass is 10.00. The lowest BCUT2D eigenvalue weighted by Gasteiger charge is -2.17. The van der Waals surface area contributed by atoms with Gasteiger partial charge in [0.15, 0.2) is 6.61 Å². The number of para-hydroxylation sites is 1. The molecule has 2 unspecified atom stereocenters. The molecule has 3 N–H and O–H groups in total. The van der Waals surface area contributed by atoms with Gasteiger partial charge >= 0.3 is 0 Å². The van der Waals surface area contributed by atoms with E-state index < -0.39 is 0 Å². The van der Waals surface area contributed by atoms with Crippen molar-refractivity contribution in [2.75, 3.05) is 19.8 Å². The first-order chi connectivity index (χ1) is 10.2. The largest absolute Gasteiger partial charge is 0.483 e. The average Bonchev–Trinajstić information content (AvgIpc) is 2.98. The lowest BCUT2D eigenvalue weighted by molar-refractivity contribution is -0.123. The molecule has 1 aromatic rings. The van der Waals surface area contributed by atoms with Gasteiger partial charge in [0.05, 0.1) is 6.10 Å². The molecule has 0 spiro atoms. The van der Waals surface area contributed by atoms with E-state index in [1.807, 2.05) is 24.3 Å². The highest BCUT2D eigenvalue weighted by Gasteiger charge is 2.26. The van der Waals surface area contributed by atoms with Gasteiger partial charge in [0.1, 0.15) is 5.75 Å². The Hall–Kier alpha value is -1.59. The molecule has 0 saturated carbocycles. The molecule has 1 fully saturated rings. The van der Waals surface area contributed by atoms with E-state index in [9.17, 15) is 4.79 Å². The number of hydrogen-bond acceptors (Lipinski definition) is 4. The SMILES string of the molecule is CCC1OCCC1CNC(=O)COc1ccccc1CN. The van der Waals surface area contributed by atoms with Crippen molar-refractivity contribution in [1.29, 1.82) is 0 Å². The fourth-order valence-corrected chi connectivity index (χ4v) is 2.63. The third-order valence-electron chi connectivity index (χ3n) is 3.86. The quantitative estimate of drug-likeness (QED) is 0.798. The summed E-state index contributed by atoms with van der Waals surface area (Å²) in [7, 11) is 0. The standard InChI is InChI=1S/C16H24N2O3/c1-2-14-13(7-8-20-14)10-18-16(19)11-21-15-6-4-3-5-12(15)9-17/h3-6,13-14H,2,7-11,17H2,1H3,(H,18,19). The Morgan fingerprint density at radius 2 is 2.29 bits per heavy atom. The second kappa shape index (κ2) is 8.00.